The van der Waals surface area contributed by atoms with E-state index in [2.05, 4.69) is 4.72 Å². The van der Waals surface area contributed by atoms with Gasteiger partial charge in [-0.2, -0.15) is 0 Å². The van der Waals surface area contributed by atoms with E-state index in [1.54, 1.807) is 24.3 Å². The summed E-state index contributed by atoms with van der Waals surface area (Å²) in [6.45, 7) is 1.98. The van der Waals surface area contributed by atoms with E-state index in [-0.39, 0.29) is 0 Å². The Bertz CT molecular complexity index is 712. The van der Waals surface area contributed by atoms with Crippen molar-refractivity contribution in [1.29, 1.82) is 0 Å². The van der Waals surface area contributed by atoms with Crippen molar-refractivity contribution in [2.24, 2.45) is 0 Å². The van der Waals surface area contributed by atoms with Crippen LogP contribution < -0.4 is 4.72 Å². The highest BCUT2D eigenvalue weighted by molar-refractivity contribution is 7.92. The van der Waals surface area contributed by atoms with Crippen LogP contribution in [0.15, 0.2) is 47.4 Å². The lowest BCUT2D eigenvalue weighted by atomic mass is 10.2. The summed E-state index contributed by atoms with van der Waals surface area (Å²) in [5.74, 6) is -1.95. The first kappa shape index (κ1) is 14.5. The number of benzene rings is 2. The van der Waals surface area contributed by atoms with E-state index in [0.29, 0.717) is 11.8 Å². The maximum Gasteiger partial charge on any atom is 0.264 e. The van der Waals surface area contributed by atoms with Gasteiger partial charge >= 0.3 is 0 Å². The molecule has 2 aromatic rings. The third-order valence-corrected chi connectivity index (χ3v) is 4.21. The van der Waals surface area contributed by atoms with Gasteiger partial charge in [-0.15, -0.1) is 0 Å². The van der Waals surface area contributed by atoms with E-state index in [4.69, 9.17) is 0 Å². The van der Waals surface area contributed by atoms with Gasteiger partial charge in [0.2, 0.25) is 0 Å². The SMILES string of the molecule is CCc1ccc(NS(=O)(=O)c2ccc(F)cc2F)cc1. The van der Waals surface area contributed by atoms with Gasteiger partial charge in [0, 0.05) is 11.8 Å². The van der Waals surface area contributed by atoms with Crippen LogP contribution >= 0.6 is 0 Å². The molecule has 0 fully saturated rings. The lowest BCUT2D eigenvalue weighted by Crippen LogP contribution is -2.14. The Morgan fingerprint density at radius 3 is 2.25 bits per heavy atom. The third-order valence-electron chi connectivity index (χ3n) is 2.80. The van der Waals surface area contributed by atoms with E-state index >= 15 is 0 Å². The molecule has 0 heterocycles. The molecule has 0 saturated heterocycles. The molecule has 0 radical (unpaired) electrons. The molecular formula is C14H13F2NO2S. The van der Waals surface area contributed by atoms with Crippen molar-refractivity contribution in [2.45, 2.75) is 18.2 Å². The summed E-state index contributed by atoms with van der Waals surface area (Å²) in [6.07, 6.45) is 0.833. The van der Waals surface area contributed by atoms with E-state index in [9.17, 15) is 17.2 Å². The highest BCUT2D eigenvalue weighted by atomic mass is 32.2. The standard InChI is InChI=1S/C14H13F2NO2S/c1-2-10-3-6-12(7-4-10)17-20(18,19)14-8-5-11(15)9-13(14)16/h3-9,17H,2H2,1H3. The molecule has 0 saturated carbocycles. The highest BCUT2D eigenvalue weighted by Crippen LogP contribution is 2.20. The number of rotatable bonds is 4. The van der Waals surface area contributed by atoms with Gasteiger partial charge in [0.25, 0.3) is 10.0 Å². The fourth-order valence-corrected chi connectivity index (χ4v) is 2.83. The maximum atomic E-state index is 13.5. The van der Waals surface area contributed by atoms with Crippen LogP contribution in [0.4, 0.5) is 14.5 Å². The van der Waals surface area contributed by atoms with E-state index in [1.165, 1.54) is 0 Å². The lowest BCUT2D eigenvalue weighted by Gasteiger charge is -2.09. The van der Waals surface area contributed by atoms with E-state index < -0.39 is 26.6 Å². The molecule has 0 aliphatic carbocycles. The van der Waals surface area contributed by atoms with Crippen molar-refractivity contribution in [3.05, 3.63) is 59.7 Å². The molecule has 6 heteroatoms. The Balaban J connectivity index is 2.30. The molecule has 2 aromatic carbocycles. The minimum atomic E-state index is -4.07. The van der Waals surface area contributed by atoms with Gasteiger partial charge in [-0.3, -0.25) is 4.72 Å². The molecule has 0 bridgehead atoms. The minimum Gasteiger partial charge on any atom is -0.280 e. The molecule has 0 aliphatic rings. The van der Waals surface area contributed by atoms with Crippen molar-refractivity contribution >= 4 is 15.7 Å². The van der Waals surface area contributed by atoms with Crippen LogP contribution in [0.3, 0.4) is 0 Å². The smallest absolute Gasteiger partial charge is 0.264 e. The number of sulfonamides is 1. The molecular weight excluding hydrogens is 284 g/mol. The number of hydrogen-bond acceptors (Lipinski definition) is 2. The van der Waals surface area contributed by atoms with Crippen LogP contribution in [0.25, 0.3) is 0 Å². The van der Waals surface area contributed by atoms with E-state index in [0.717, 1.165) is 24.1 Å². The molecule has 0 aromatic heterocycles. The predicted octanol–water partition coefficient (Wildman–Crippen LogP) is 3.33. The van der Waals surface area contributed by atoms with Crippen LogP contribution in [0.2, 0.25) is 0 Å². The second-order valence-corrected chi connectivity index (χ2v) is 5.88. The summed E-state index contributed by atoms with van der Waals surface area (Å²) >= 11 is 0. The summed E-state index contributed by atoms with van der Waals surface area (Å²) < 4.78 is 52.6. The van der Waals surface area contributed by atoms with Crippen molar-refractivity contribution < 1.29 is 17.2 Å². The number of nitrogens with one attached hydrogen (secondary N) is 1. The Hall–Kier alpha value is -1.95. The summed E-state index contributed by atoms with van der Waals surface area (Å²) in [4.78, 5) is -0.585. The highest BCUT2D eigenvalue weighted by Gasteiger charge is 2.19. The van der Waals surface area contributed by atoms with Gasteiger partial charge in [0.15, 0.2) is 0 Å². The number of halogens is 2. The van der Waals surface area contributed by atoms with Gasteiger partial charge in [0.1, 0.15) is 16.5 Å². The maximum absolute atomic E-state index is 13.5. The van der Waals surface area contributed by atoms with Crippen molar-refractivity contribution in [3.8, 4) is 0 Å². The zero-order valence-corrected chi connectivity index (χ0v) is 11.5. The first-order chi connectivity index (χ1) is 9.42. The molecule has 2 rings (SSSR count). The zero-order chi connectivity index (χ0) is 14.8. The lowest BCUT2D eigenvalue weighted by molar-refractivity contribution is 0.551. The van der Waals surface area contributed by atoms with Crippen molar-refractivity contribution in [2.75, 3.05) is 4.72 Å². The Kier molecular flexibility index (Phi) is 4.04. The average molecular weight is 297 g/mol. The van der Waals surface area contributed by atoms with Crippen LogP contribution in [0.1, 0.15) is 12.5 Å². The second kappa shape index (κ2) is 5.58. The largest absolute Gasteiger partial charge is 0.280 e. The molecule has 3 nitrogen and oxygen atoms in total. The van der Waals surface area contributed by atoms with Gasteiger partial charge in [-0.25, -0.2) is 17.2 Å². The number of anilines is 1. The Labute approximate surface area is 116 Å². The van der Waals surface area contributed by atoms with Crippen molar-refractivity contribution in [1.82, 2.24) is 0 Å². The van der Waals surface area contributed by atoms with Gasteiger partial charge in [-0.1, -0.05) is 19.1 Å². The number of aryl methyl sites for hydroxylation is 1. The Morgan fingerprint density at radius 2 is 1.70 bits per heavy atom. The fourth-order valence-electron chi connectivity index (χ4n) is 1.71. The average Bonchev–Trinajstić information content (AvgIpc) is 2.38. The first-order valence-electron chi connectivity index (χ1n) is 5.99. The number of hydrogen-bond donors (Lipinski definition) is 1. The normalized spacial score (nSPS) is 11.3. The quantitative estimate of drug-likeness (QED) is 0.941. The van der Waals surface area contributed by atoms with Crippen LogP contribution in [0, 0.1) is 11.6 Å². The molecule has 0 spiro atoms. The van der Waals surface area contributed by atoms with Gasteiger partial charge in [-0.05, 0) is 36.2 Å². The molecule has 0 amide bonds. The molecule has 106 valence electrons. The zero-order valence-electron chi connectivity index (χ0n) is 10.7. The van der Waals surface area contributed by atoms with Crippen LogP contribution in [-0.4, -0.2) is 8.42 Å². The van der Waals surface area contributed by atoms with Gasteiger partial charge in [0.05, 0.1) is 0 Å². The monoisotopic (exact) mass is 297 g/mol. The summed E-state index contributed by atoms with van der Waals surface area (Å²) in [5.41, 5.74) is 1.38. The van der Waals surface area contributed by atoms with Crippen LogP contribution in [0.5, 0.6) is 0 Å². The van der Waals surface area contributed by atoms with E-state index in [1.807, 2.05) is 6.92 Å². The molecule has 20 heavy (non-hydrogen) atoms. The summed E-state index contributed by atoms with van der Waals surface area (Å²) in [7, 11) is -4.07. The van der Waals surface area contributed by atoms with Crippen molar-refractivity contribution in [3.63, 3.8) is 0 Å². The molecule has 0 unspecified atom stereocenters. The fraction of sp³-hybridized carbons (Fsp3) is 0.143. The minimum absolute atomic E-state index is 0.325. The summed E-state index contributed by atoms with van der Waals surface area (Å²) in [6, 6.07) is 9.08. The first-order valence-corrected chi connectivity index (χ1v) is 7.47. The topological polar surface area (TPSA) is 46.2 Å². The molecule has 0 atom stereocenters. The molecule has 1 N–H and O–H groups in total. The van der Waals surface area contributed by atoms with Crippen LogP contribution in [-0.2, 0) is 16.4 Å². The van der Waals surface area contributed by atoms with Gasteiger partial charge < -0.3 is 0 Å². The predicted molar refractivity (Wildman–Crippen MR) is 73.0 cm³/mol. The second-order valence-electron chi connectivity index (χ2n) is 4.23. The Morgan fingerprint density at radius 1 is 1.05 bits per heavy atom. The molecule has 0 aliphatic heterocycles. The summed E-state index contributed by atoms with van der Waals surface area (Å²) in [5, 5.41) is 0. The third kappa shape index (κ3) is 3.14.